The van der Waals surface area contributed by atoms with Gasteiger partial charge in [0.05, 0.1) is 12.6 Å². The minimum absolute atomic E-state index is 0.0932. The summed E-state index contributed by atoms with van der Waals surface area (Å²) in [6, 6.07) is 9.98. The Kier molecular flexibility index (Phi) is 4.56. The summed E-state index contributed by atoms with van der Waals surface area (Å²) in [6.07, 6.45) is 4.06. The van der Waals surface area contributed by atoms with Crippen LogP contribution in [0, 0.1) is 0 Å². The molecule has 4 rings (SSSR count). The first-order valence-electron chi connectivity index (χ1n) is 8.78. The largest absolute Gasteiger partial charge is 0.338 e. The molecule has 130 valence electrons. The van der Waals surface area contributed by atoms with Crippen molar-refractivity contribution in [1.29, 1.82) is 0 Å². The molecule has 0 radical (unpaired) electrons. The second kappa shape index (κ2) is 7.14. The van der Waals surface area contributed by atoms with E-state index in [1.165, 1.54) is 0 Å². The van der Waals surface area contributed by atoms with E-state index < -0.39 is 0 Å². The van der Waals surface area contributed by atoms with Crippen LogP contribution in [0.4, 0.5) is 0 Å². The van der Waals surface area contributed by atoms with Crippen molar-refractivity contribution in [3.63, 3.8) is 0 Å². The molecule has 3 heterocycles. The van der Waals surface area contributed by atoms with E-state index in [4.69, 9.17) is 9.05 Å². The molecule has 0 bridgehead atoms. The fourth-order valence-corrected chi connectivity index (χ4v) is 3.21. The average Bonchev–Trinajstić information content (AvgIpc) is 3.32. The second-order valence-corrected chi connectivity index (χ2v) is 6.26. The van der Waals surface area contributed by atoms with Crippen molar-refractivity contribution < 1.29 is 9.05 Å². The summed E-state index contributed by atoms with van der Waals surface area (Å²) >= 11 is 0. The summed E-state index contributed by atoms with van der Waals surface area (Å²) in [7, 11) is 0. The van der Waals surface area contributed by atoms with Crippen LogP contribution in [0.5, 0.6) is 0 Å². The van der Waals surface area contributed by atoms with Gasteiger partial charge in [-0.1, -0.05) is 54.0 Å². The molecule has 0 spiro atoms. The maximum atomic E-state index is 5.58. The SMILES string of the molecule is CCc1noc(CN2CCCC[C@@H]2c2nc(-c3ccccc3)no2)n1. The zero-order valence-corrected chi connectivity index (χ0v) is 14.3. The van der Waals surface area contributed by atoms with Crippen molar-refractivity contribution in [1.82, 2.24) is 25.2 Å². The van der Waals surface area contributed by atoms with Gasteiger partial charge in [0.25, 0.3) is 0 Å². The van der Waals surface area contributed by atoms with E-state index in [0.29, 0.717) is 24.2 Å². The highest BCUT2D eigenvalue weighted by Gasteiger charge is 2.30. The minimum Gasteiger partial charge on any atom is -0.338 e. The maximum Gasteiger partial charge on any atom is 0.244 e. The first-order valence-corrected chi connectivity index (χ1v) is 8.78. The Morgan fingerprint density at radius 2 is 1.96 bits per heavy atom. The number of rotatable bonds is 5. The number of nitrogens with zero attached hydrogens (tertiary/aromatic N) is 5. The minimum atomic E-state index is 0.0932. The summed E-state index contributed by atoms with van der Waals surface area (Å²) in [5, 5.41) is 8.13. The Morgan fingerprint density at radius 3 is 2.76 bits per heavy atom. The zero-order valence-electron chi connectivity index (χ0n) is 14.3. The predicted molar refractivity (Wildman–Crippen MR) is 90.4 cm³/mol. The Bertz CT molecular complexity index is 814. The van der Waals surface area contributed by atoms with E-state index in [-0.39, 0.29) is 6.04 Å². The van der Waals surface area contributed by atoms with Gasteiger partial charge in [-0.2, -0.15) is 9.97 Å². The van der Waals surface area contributed by atoms with Crippen LogP contribution < -0.4 is 0 Å². The molecule has 7 nitrogen and oxygen atoms in total. The highest BCUT2D eigenvalue weighted by atomic mass is 16.5. The number of hydrogen-bond donors (Lipinski definition) is 0. The van der Waals surface area contributed by atoms with E-state index in [1.807, 2.05) is 37.3 Å². The third kappa shape index (κ3) is 3.46. The quantitative estimate of drug-likeness (QED) is 0.704. The van der Waals surface area contributed by atoms with Crippen LogP contribution in [0.3, 0.4) is 0 Å². The molecule has 0 saturated carbocycles. The van der Waals surface area contributed by atoms with Crippen LogP contribution in [-0.2, 0) is 13.0 Å². The molecule has 25 heavy (non-hydrogen) atoms. The Labute approximate surface area is 146 Å². The highest BCUT2D eigenvalue weighted by molar-refractivity contribution is 5.53. The third-order valence-electron chi connectivity index (χ3n) is 4.54. The molecular weight excluding hydrogens is 318 g/mol. The van der Waals surface area contributed by atoms with Crippen LogP contribution in [0.25, 0.3) is 11.4 Å². The van der Waals surface area contributed by atoms with Gasteiger partial charge < -0.3 is 9.05 Å². The number of aromatic nitrogens is 4. The Hall–Kier alpha value is -2.54. The van der Waals surface area contributed by atoms with Gasteiger partial charge in [-0.3, -0.25) is 4.90 Å². The lowest BCUT2D eigenvalue weighted by molar-refractivity contribution is 0.0986. The van der Waals surface area contributed by atoms with Crippen LogP contribution >= 0.6 is 0 Å². The molecule has 1 aromatic carbocycles. The lowest BCUT2D eigenvalue weighted by atomic mass is 10.0. The zero-order chi connectivity index (χ0) is 17.1. The van der Waals surface area contributed by atoms with Crippen molar-refractivity contribution in [2.75, 3.05) is 6.54 Å². The average molecular weight is 339 g/mol. The van der Waals surface area contributed by atoms with Crippen LogP contribution in [-0.4, -0.2) is 31.7 Å². The molecule has 0 aliphatic carbocycles. The summed E-state index contributed by atoms with van der Waals surface area (Å²) < 4.78 is 10.9. The van der Waals surface area contributed by atoms with Gasteiger partial charge in [0.1, 0.15) is 0 Å². The number of aryl methyl sites for hydroxylation is 1. The topological polar surface area (TPSA) is 81.1 Å². The third-order valence-corrected chi connectivity index (χ3v) is 4.54. The van der Waals surface area contributed by atoms with Gasteiger partial charge in [-0.25, -0.2) is 0 Å². The van der Waals surface area contributed by atoms with Gasteiger partial charge in [0.2, 0.25) is 17.6 Å². The first kappa shape index (κ1) is 16.0. The monoisotopic (exact) mass is 339 g/mol. The van der Waals surface area contributed by atoms with E-state index in [9.17, 15) is 0 Å². The van der Waals surface area contributed by atoms with E-state index in [1.54, 1.807) is 0 Å². The fourth-order valence-electron chi connectivity index (χ4n) is 3.21. The lowest BCUT2D eigenvalue weighted by Gasteiger charge is -2.31. The summed E-state index contributed by atoms with van der Waals surface area (Å²) in [5.74, 6) is 2.68. The molecule has 1 aliphatic heterocycles. The molecule has 1 atom stereocenters. The highest BCUT2D eigenvalue weighted by Crippen LogP contribution is 2.32. The second-order valence-electron chi connectivity index (χ2n) is 6.26. The molecule has 1 fully saturated rings. The molecule has 1 aliphatic rings. The van der Waals surface area contributed by atoms with Crippen LogP contribution in [0.1, 0.15) is 49.8 Å². The standard InChI is InChI=1S/C18H21N5O2/c1-2-15-19-16(24-21-15)12-23-11-7-6-10-14(23)18-20-17(22-25-18)13-8-4-3-5-9-13/h3-5,8-9,14H,2,6-7,10-12H2,1H3/t14-/m1/s1. The van der Waals surface area contributed by atoms with E-state index >= 15 is 0 Å². The van der Waals surface area contributed by atoms with Crippen molar-refractivity contribution in [2.45, 2.75) is 45.2 Å². The first-order chi connectivity index (χ1) is 12.3. The normalized spacial score (nSPS) is 18.5. The Balaban J connectivity index is 1.54. The molecular formula is C18H21N5O2. The van der Waals surface area contributed by atoms with Crippen molar-refractivity contribution in [2.24, 2.45) is 0 Å². The Morgan fingerprint density at radius 1 is 1.08 bits per heavy atom. The number of likely N-dealkylation sites (tertiary alicyclic amines) is 1. The van der Waals surface area contributed by atoms with E-state index in [0.717, 1.165) is 43.6 Å². The van der Waals surface area contributed by atoms with Crippen molar-refractivity contribution in [3.8, 4) is 11.4 Å². The number of benzene rings is 1. The fraction of sp³-hybridized carbons (Fsp3) is 0.444. The molecule has 3 aromatic rings. The van der Waals surface area contributed by atoms with Gasteiger partial charge in [-0.15, -0.1) is 0 Å². The summed E-state index contributed by atoms with van der Waals surface area (Å²) in [4.78, 5) is 11.3. The molecule has 0 amide bonds. The molecule has 0 unspecified atom stereocenters. The lowest BCUT2D eigenvalue weighted by Crippen LogP contribution is -2.33. The van der Waals surface area contributed by atoms with Crippen LogP contribution in [0.15, 0.2) is 39.4 Å². The molecule has 2 aromatic heterocycles. The predicted octanol–water partition coefficient (Wildman–Crippen LogP) is 3.41. The smallest absolute Gasteiger partial charge is 0.244 e. The maximum absolute atomic E-state index is 5.58. The van der Waals surface area contributed by atoms with Crippen molar-refractivity contribution >= 4 is 0 Å². The van der Waals surface area contributed by atoms with Crippen LogP contribution in [0.2, 0.25) is 0 Å². The summed E-state index contributed by atoms with van der Waals surface area (Å²) in [6.45, 7) is 3.58. The molecule has 1 saturated heterocycles. The van der Waals surface area contributed by atoms with Gasteiger partial charge in [-0.05, 0) is 19.4 Å². The molecule has 0 N–H and O–H groups in total. The van der Waals surface area contributed by atoms with Gasteiger partial charge >= 0.3 is 0 Å². The van der Waals surface area contributed by atoms with Gasteiger partial charge in [0.15, 0.2) is 5.82 Å². The van der Waals surface area contributed by atoms with Crippen molar-refractivity contribution in [3.05, 3.63) is 47.9 Å². The molecule has 7 heteroatoms. The summed E-state index contributed by atoms with van der Waals surface area (Å²) in [5.41, 5.74) is 0.962. The van der Waals surface area contributed by atoms with E-state index in [2.05, 4.69) is 25.2 Å². The number of piperidine rings is 1. The van der Waals surface area contributed by atoms with Gasteiger partial charge in [0, 0.05) is 12.0 Å². The number of hydrogen-bond acceptors (Lipinski definition) is 7.